The highest BCUT2D eigenvalue weighted by Crippen LogP contribution is 2.23. The van der Waals surface area contributed by atoms with Gasteiger partial charge in [0.15, 0.2) is 0 Å². The molecule has 25 heavy (non-hydrogen) atoms. The molecule has 0 aromatic heterocycles. The quantitative estimate of drug-likeness (QED) is 0.693. The van der Waals surface area contributed by atoms with Crippen LogP contribution in [0.5, 0.6) is 17.2 Å². The Balaban J connectivity index is 1.74. The van der Waals surface area contributed by atoms with Crippen molar-refractivity contribution in [2.45, 2.75) is 13.3 Å². The molecule has 0 aliphatic rings. The largest absolute Gasteiger partial charge is 0.496 e. The van der Waals surface area contributed by atoms with Crippen LogP contribution in [0.2, 0.25) is 5.02 Å². The Hall–Kier alpha value is -2.40. The number of halogens is 1. The van der Waals surface area contributed by atoms with E-state index in [1.807, 2.05) is 31.2 Å². The number of methoxy groups -OCH3 is 1. The molecule has 0 saturated carbocycles. The van der Waals surface area contributed by atoms with Crippen molar-refractivity contribution in [1.82, 2.24) is 5.32 Å². The molecule has 0 bridgehead atoms. The van der Waals surface area contributed by atoms with Crippen LogP contribution in [0.1, 0.15) is 12.5 Å². The standard InChI is InChI=1S/C19H22ClNO4/c1-3-24-16-5-7-17(8-6-16)25-11-10-21-19(22)13-14-12-15(20)4-9-18(14)23-2/h4-9,12H,3,10-11,13H2,1-2H3,(H,21,22). The molecule has 2 aromatic rings. The highest BCUT2D eigenvalue weighted by Gasteiger charge is 2.09. The summed E-state index contributed by atoms with van der Waals surface area (Å²) in [5, 5.41) is 3.39. The first-order chi connectivity index (χ1) is 12.1. The van der Waals surface area contributed by atoms with Crippen molar-refractivity contribution in [2.75, 3.05) is 26.9 Å². The van der Waals surface area contributed by atoms with Gasteiger partial charge in [-0.05, 0) is 49.4 Å². The minimum Gasteiger partial charge on any atom is -0.496 e. The number of hydrogen-bond acceptors (Lipinski definition) is 4. The van der Waals surface area contributed by atoms with E-state index in [9.17, 15) is 4.79 Å². The maximum atomic E-state index is 12.0. The van der Waals surface area contributed by atoms with Gasteiger partial charge in [0.25, 0.3) is 0 Å². The topological polar surface area (TPSA) is 56.8 Å². The second-order valence-electron chi connectivity index (χ2n) is 5.24. The molecule has 0 spiro atoms. The summed E-state index contributed by atoms with van der Waals surface area (Å²) in [5.41, 5.74) is 0.750. The van der Waals surface area contributed by atoms with E-state index in [4.69, 9.17) is 25.8 Å². The van der Waals surface area contributed by atoms with Crippen LogP contribution in [-0.4, -0.2) is 32.8 Å². The number of rotatable bonds is 9. The lowest BCUT2D eigenvalue weighted by atomic mass is 10.1. The molecule has 0 aliphatic carbocycles. The van der Waals surface area contributed by atoms with E-state index >= 15 is 0 Å². The lowest BCUT2D eigenvalue weighted by molar-refractivity contribution is -0.120. The van der Waals surface area contributed by atoms with E-state index in [1.165, 1.54) is 0 Å². The molecule has 5 nitrogen and oxygen atoms in total. The predicted octanol–water partition coefficient (Wildman–Crippen LogP) is 3.49. The van der Waals surface area contributed by atoms with Crippen LogP contribution in [0.25, 0.3) is 0 Å². The van der Waals surface area contributed by atoms with Gasteiger partial charge in [0.05, 0.1) is 26.7 Å². The summed E-state index contributed by atoms with van der Waals surface area (Å²) in [6.07, 6.45) is 0.201. The average Bonchev–Trinajstić information content (AvgIpc) is 2.60. The molecule has 0 radical (unpaired) electrons. The lowest BCUT2D eigenvalue weighted by Crippen LogP contribution is -2.29. The van der Waals surface area contributed by atoms with Crippen LogP contribution in [0.15, 0.2) is 42.5 Å². The fraction of sp³-hybridized carbons (Fsp3) is 0.316. The van der Waals surface area contributed by atoms with Crippen LogP contribution in [0.4, 0.5) is 0 Å². The normalized spacial score (nSPS) is 10.2. The molecule has 0 aliphatic heterocycles. The number of carbonyl (C=O) groups is 1. The Bertz CT molecular complexity index is 688. The zero-order valence-corrected chi connectivity index (χ0v) is 15.1. The lowest BCUT2D eigenvalue weighted by Gasteiger charge is -2.10. The minimum absolute atomic E-state index is 0.115. The first-order valence-corrected chi connectivity index (χ1v) is 8.45. The van der Waals surface area contributed by atoms with E-state index in [0.29, 0.717) is 30.5 Å². The first kappa shape index (κ1) is 18.9. The summed E-state index contributed by atoms with van der Waals surface area (Å²) in [6.45, 7) is 3.36. The first-order valence-electron chi connectivity index (χ1n) is 8.07. The van der Waals surface area contributed by atoms with Gasteiger partial charge in [-0.15, -0.1) is 0 Å². The second kappa shape index (κ2) is 9.79. The van der Waals surface area contributed by atoms with E-state index in [2.05, 4.69) is 5.32 Å². The summed E-state index contributed by atoms with van der Waals surface area (Å²) >= 11 is 5.97. The molecule has 1 N–H and O–H groups in total. The average molecular weight is 364 g/mol. The van der Waals surface area contributed by atoms with Crippen molar-refractivity contribution in [3.8, 4) is 17.2 Å². The van der Waals surface area contributed by atoms with Gasteiger partial charge in [0.2, 0.25) is 5.91 Å². The van der Waals surface area contributed by atoms with Crippen molar-refractivity contribution in [1.29, 1.82) is 0 Å². The Kier molecular flexibility index (Phi) is 7.41. The SMILES string of the molecule is CCOc1ccc(OCCNC(=O)Cc2cc(Cl)ccc2OC)cc1. The van der Waals surface area contributed by atoms with Crippen LogP contribution < -0.4 is 19.5 Å². The van der Waals surface area contributed by atoms with E-state index in [-0.39, 0.29) is 12.3 Å². The van der Waals surface area contributed by atoms with Gasteiger partial charge in [0, 0.05) is 10.6 Å². The summed E-state index contributed by atoms with van der Waals surface area (Å²) in [6, 6.07) is 12.6. The van der Waals surface area contributed by atoms with Crippen molar-refractivity contribution in [3.63, 3.8) is 0 Å². The third-order valence-corrected chi connectivity index (χ3v) is 3.66. The highest BCUT2D eigenvalue weighted by molar-refractivity contribution is 6.30. The van der Waals surface area contributed by atoms with Crippen LogP contribution >= 0.6 is 11.6 Å². The number of amides is 1. The molecule has 0 atom stereocenters. The second-order valence-corrected chi connectivity index (χ2v) is 5.67. The molecular formula is C19H22ClNO4. The Labute approximate surface area is 152 Å². The number of ether oxygens (including phenoxy) is 3. The minimum atomic E-state index is -0.115. The zero-order chi connectivity index (χ0) is 18.1. The van der Waals surface area contributed by atoms with Crippen molar-refractivity contribution >= 4 is 17.5 Å². The number of nitrogens with one attached hydrogen (secondary N) is 1. The Morgan fingerprint density at radius 3 is 2.40 bits per heavy atom. The van der Waals surface area contributed by atoms with E-state index in [0.717, 1.165) is 17.1 Å². The van der Waals surface area contributed by atoms with Crippen molar-refractivity contribution < 1.29 is 19.0 Å². The maximum Gasteiger partial charge on any atom is 0.224 e. The van der Waals surface area contributed by atoms with Crippen LogP contribution in [0.3, 0.4) is 0 Å². The Morgan fingerprint density at radius 1 is 1.08 bits per heavy atom. The summed E-state index contributed by atoms with van der Waals surface area (Å²) in [5.74, 6) is 2.06. The Morgan fingerprint density at radius 2 is 1.76 bits per heavy atom. The molecule has 0 fully saturated rings. The fourth-order valence-corrected chi connectivity index (χ4v) is 2.47. The van der Waals surface area contributed by atoms with Crippen LogP contribution in [-0.2, 0) is 11.2 Å². The molecule has 134 valence electrons. The third-order valence-electron chi connectivity index (χ3n) is 3.42. The monoisotopic (exact) mass is 363 g/mol. The number of hydrogen-bond donors (Lipinski definition) is 1. The summed E-state index contributed by atoms with van der Waals surface area (Å²) in [7, 11) is 1.56. The van der Waals surface area contributed by atoms with Gasteiger partial charge in [-0.1, -0.05) is 11.6 Å². The van der Waals surface area contributed by atoms with Crippen molar-refractivity contribution in [2.24, 2.45) is 0 Å². The fourth-order valence-electron chi connectivity index (χ4n) is 2.28. The van der Waals surface area contributed by atoms with Gasteiger partial charge >= 0.3 is 0 Å². The molecule has 0 saturated heterocycles. The van der Waals surface area contributed by atoms with Gasteiger partial charge in [-0.2, -0.15) is 0 Å². The van der Waals surface area contributed by atoms with Crippen molar-refractivity contribution in [3.05, 3.63) is 53.1 Å². The van der Waals surface area contributed by atoms with Gasteiger partial charge in [-0.3, -0.25) is 4.79 Å². The molecule has 1 amide bonds. The van der Waals surface area contributed by atoms with E-state index < -0.39 is 0 Å². The molecule has 0 heterocycles. The van der Waals surface area contributed by atoms with Gasteiger partial charge in [-0.25, -0.2) is 0 Å². The van der Waals surface area contributed by atoms with Crippen LogP contribution in [0, 0.1) is 0 Å². The maximum absolute atomic E-state index is 12.0. The predicted molar refractivity (Wildman–Crippen MR) is 97.8 cm³/mol. The molecule has 6 heteroatoms. The molecular weight excluding hydrogens is 342 g/mol. The number of carbonyl (C=O) groups excluding carboxylic acids is 1. The number of benzene rings is 2. The summed E-state index contributed by atoms with van der Waals surface area (Å²) < 4.78 is 16.2. The summed E-state index contributed by atoms with van der Waals surface area (Å²) in [4.78, 5) is 12.0. The molecule has 0 unspecified atom stereocenters. The van der Waals surface area contributed by atoms with Gasteiger partial charge < -0.3 is 19.5 Å². The highest BCUT2D eigenvalue weighted by atomic mass is 35.5. The van der Waals surface area contributed by atoms with E-state index in [1.54, 1.807) is 25.3 Å². The van der Waals surface area contributed by atoms with Gasteiger partial charge in [0.1, 0.15) is 23.9 Å². The zero-order valence-electron chi connectivity index (χ0n) is 14.4. The smallest absolute Gasteiger partial charge is 0.224 e. The molecule has 2 rings (SSSR count). The molecule has 2 aromatic carbocycles. The third kappa shape index (κ3) is 6.19.